The van der Waals surface area contributed by atoms with Gasteiger partial charge in [0.1, 0.15) is 0 Å². The number of hydrogen-bond acceptors (Lipinski definition) is 3. The number of hydrogen-bond donors (Lipinski definition) is 2. The minimum absolute atomic E-state index is 0.141. The van der Waals surface area contributed by atoms with Gasteiger partial charge in [-0.1, -0.05) is 38.4 Å². The Hall–Kier alpha value is -0.220. The monoisotopic (exact) mass is 301 g/mol. The Morgan fingerprint density at radius 3 is 2.47 bits per heavy atom. The molecule has 1 aromatic carbocycles. The summed E-state index contributed by atoms with van der Waals surface area (Å²) in [6.07, 6.45) is -0.339. The van der Waals surface area contributed by atoms with Gasteiger partial charge in [0, 0.05) is 16.7 Å². The Kier molecular flexibility index (Phi) is 7.22. The lowest BCUT2D eigenvalue weighted by molar-refractivity contribution is 0.196. The van der Waals surface area contributed by atoms with E-state index in [1.807, 2.05) is 19.1 Å². The SMILES string of the molecule is CC(C)CNCc1ccc(SC(C)C(C)O)c(Cl)c1. The van der Waals surface area contributed by atoms with E-state index in [0.29, 0.717) is 5.92 Å². The molecule has 0 radical (unpaired) electrons. The molecule has 0 spiro atoms. The van der Waals surface area contributed by atoms with Gasteiger partial charge in [-0.3, -0.25) is 0 Å². The van der Waals surface area contributed by atoms with Gasteiger partial charge in [0.15, 0.2) is 0 Å². The number of nitrogens with one attached hydrogen (secondary N) is 1. The van der Waals surface area contributed by atoms with E-state index in [9.17, 15) is 5.11 Å². The van der Waals surface area contributed by atoms with Crippen molar-refractivity contribution in [2.24, 2.45) is 5.92 Å². The Morgan fingerprint density at radius 1 is 1.26 bits per heavy atom. The van der Waals surface area contributed by atoms with Crippen LogP contribution < -0.4 is 5.32 Å². The van der Waals surface area contributed by atoms with E-state index in [4.69, 9.17) is 11.6 Å². The van der Waals surface area contributed by atoms with Crippen molar-refractivity contribution in [3.63, 3.8) is 0 Å². The van der Waals surface area contributed by atoms with Crippen LogP contribution in [0.3, 0.4) is 0 Å². The van der Waals surface area contributed by atoms with Gasteiger partial charge in [-0.2, -0.15) is 0 Å². The molecule has 0 aliphatic carbocycles. The molecule has 0 fully saturated rings. The molecule has 2 atom stereocenters. The second-order valence-electron chi connectivity index (χ2n) is 5.35. The minimum Gasteiger partial charge on any atom is -0.392 e. The van der Waals surface area contributed by atoms with Gasteiger partial charge in [-0.15, -0.1) is 11.8 Å². The maximum absolute atomic E-state index is 9.52. The number of aliphatic hydroxyl groups is 1. The first-order valence-corrected chi connectivity index (χ1v) is 7.99. The van der Waals surface area contributed by atoms with Gasteiger partial charge >= 0.3 is 0 Å². The first kappa shape index (κ1) is 16.8. The number of benzene rings is 1. The molecule has 108 valence electrons. The fourth-order valence-corrected chi connectivity index (χ4v) is 2.81. The van der Waals surface area contributed by atoms with E-state index in [2.05, 4.69) is 25.2 Å². The lowest BCUT2D eigenvalue weighted by Crippen LogP contribution is -2.19. The predicted octanol–water partition coefficient (Wildman–Crippen LogP) is 3.95. The molecular formula is C15H24ClNOS. The normalized spacial score (nSPS) is 14.7. The highest BCUT2D eigenvalue weighted by molar-refractivity contribution is 8.00. The predicted molar refractivity (Wildman–Crippen MR) is 85.0 cm³/mol. The highest BCUT2D eigenvalue weighted by Gasteiger charge is 2.12. The Labute approximate surface area is 125 Å². The van der Waals surface area contributed by atoms with E-state index in [-0.39, 0.29) is 11.4 Å². The summed E-state index contributed by atoms with van der Waals surface area (Å²) in [5.41, 5.74) is 1.19. The largest absolute Gasteiger partial charge is 0.392 e. The number of rotatable bonds is 7. The first-order chi connectivity index (χ1) is 8.90. The van der Waals surface area contributed by atoms with E-state index >= 15 is 0 Å². The highest BCUT2D eigenvalue weighted by Crippen LogP contribution is 2.32. The van der Waals surface area contributed by atoms with Gasteiger partial charge in [-0.05, 0) is 37.1 Å². The van der Waals surface area contributed by atoms with Crippen LogP contribution >= 0.6 is 23.4 Å². The molecule has 2 N–H and O–H groups in total. The Morgan fingerprint density at radius 2 is 1.95 bits per heavy atom. The molecule has 0 bridgehead atoms. The summed E-state index contributed by atoms with van der Waals surface area (Å²) < 4.78 is 0. The van der Waals surface area contributed by atoms with Crippen molar-refractivity contribution in [1.29, 1.82) is 0 Å². The smallest absolute Gasteiger partial charge is 0.0631 e. The summed E-state index contributed by atoms with van der Waals surface area (Å²) >= 11 is 7.90. The zero-order valence-corrected chi connectivity index (χ0v) is 13.7. The summed E-state index contributed by atoms with van der Waals surface area (Å²) in [5.74, 6) is 0.650. The lowest BCUT2D eigenvalue weighted by Gasteiger charge is -2.15. The lowest BCUT2D eigenvalue weighted by atomic mass is 10.2. The molecule has 1 rings (SSSR count). The molecule has 0 amide bonds. The van der Waals surface area contributed by atoms with Crippen molar-refractivity contribution in [3.05, 3.63) is 28.8 Å². The molecule has 0 saturated heterocycles. The summed E-state index contributed by atoms with van der Waals surface area (Å²) in [6.45, 7) is 10.0. The summed E-state index contributed by atoms with van der Waals surface area (Å²) in [4.78, 5) is 1.03. The first-order valence-electron chi connectivity index (χ1n) is 6.74. The fraction of sp³-hybridized carbons (Fsp3) is 0.600. The summed E-state index contributed by atoms with van der Waals surface area (Å²) in [7, 11) is 0. The van der Waals surface area contributed by atoms with E-state index < -0.39 is 0 Å². The Bertz CT molecular complexity index is 396. The average molecular weight is 302 g/mol. The molecule has 19 heavy (non-hydrogen) atoms. The summed E-state index contributed by atoms with van der Waals surface area (Å²) in [6, 6.07) is 6.14. The molecule has 1 aromatic rings. The van der Waals surface area contributed by atoms with Crippen LogP contribution in [0.5, 0.6) is 0 Å². The van der Waals surface area contributed by atoms with Gasteiger partial charge in [0.2, 0.25) is 0 Å². The van der Waals surface area contributed by atoms with Gasteiger partial charge in [0.05, 0.1) is 11.1 Å². The van der Waals surface area contributed by atoms with Crippen molar-refractivity contribution >= 4 is 23.4 Å². The van der Waals surface area contributed by atoms with Crippen molar-refractivity contribution in [2.45, 2.75) is 50.5 Å². The minimum atomic E-state index is -0.339. The van der Waals surface area contributed by atoms with Gasteiger partial charge in [0.25, 0.3) is 0 Å². The van der Waals surface area contributed by atoms with E-state index in [1.165, 1.54) is 5.56 Å². The van der Waals surface area contributed by atoms with Gasteiger partial charge < -0.3 is 10.4 Å². The number of halogens is 1. The maximum Gasteiger partial charge on any atom is 0.0631 e. The van der Waals surface area contributed by atoms with Crippen LogP contribution in [-0.2, 0) is 6.54 Å². The van der Waals surface area contributed by atoms with Crippen LogP contribution in [0.2, 0.25) is 5.02 Å². The number of thioether (sulfide) groups is 1. The zero-order valence-electron chi connectivity index (χ0n) is 12.1. The van der Waals surface area contributed by atoms with E-state index in [0.717, 1.165) is 23.0 Å². The van der Waals surface area contributed by atoms with Crippen molar-refractivity contribution in [3.8, 4) is 0 Å². The van der Waals surface area contributed by atoms with Crippen LogP contribution in [-0.4, -0.2) is 23.0 Å². The number of aliphatic hydroxyl groups excluding tert-OH is 1. The standard InChI is InChI=1S/C15H24ClNOS/c1-10(2)8-17-9-13-5-6-15(14(16)7-13)19-12(4)11(3)18/h5-7,10-12,17-18H,8-9H2,1-4H3. The summed E-state index contributed by atoms with van der Waals surface area (Å²) in [5, 5.41) is 13.8. The van der Waals surface area contributed by atoms with E-state index in [1.54, 1.807) is 18.7 Å². The third kappa shape index (κ3) is 6.17. The maximum atomic E-state index is 9.52. The highest BCUT2D eigenvalue weighted by atomic mass is 35.5. The second-order valence-corrected chi connectivity index (χ2v) is 7.18. The third-order valence-electron chi connectivity index (χ3n) is 2.87. The molecular weight excluding hydrogens is 278 g/mol. The van der Waals surface area contributed by atoms with Crippen molar-refractivity contribution < 1.29 is 5.11 Å². The van der Waals surface area contributed by atoms with Crippen LogP contribution in [0.15, 0.2) is 23.1 Å². The molecule has 0 heterocycles. The Balaban J connectivity index is 2.59. The van der Waals surface area contributed by atoms with Crippen LogP contribution in [0, 0.1) is 5.92 Å². The average Bonchev–Trinajstić information content (AvgIpc) is 2.31. The zero-order chi connectivity index (χ0) is 14.4. The molecule has 2 unspecified atom stereocenters. The quantitative estimate of drug-likeness (QED) is 0.748. The van der Waals surface area contributed by atoms with Crippen LogP contribution in [0.1, 0.15) is 33.3 Å². The molecule has 0 saturated carbocycles. The van der Waals surface area contributed by atoms with Gasteiger partial charge in [-0.25, -0.2) is 0 Å². The molecule has 0 aliphatic rings. The third-order valence-corrected chi connectivity index (χ3v) is 4.67. The van der Waals surface area contributed by atoms with Crippen LogP contribution in [0.25, 0.3) is 0 Å². The topological polar surface area (TPSA) is 32.3 Å². The second kappa shape index (κ2) is 8.15. The fourth-order valence-electron chi connectivity index (χ4n) is 1.55. The molecule has 2 nitrogen and oxygen atoms in total. The molecule has 0 aromatic heterocycles. The molecule has 0 aliphatic heterocycles. The van der Waals surface area contributed by atoms with Crippen LogP contribution in [0.4, 0.5) is 0 Å². The van der Waals surface area contributed by atoms with Crippen molar-refractivity contribution in [2.75, 3.05) is 6.54 Å². The van der Waals surface area contributed by atoms with Crippen molar-refractivity contribution in [1.82, 2.24) is 5.32 Å². The molecule has 4 heteroatoms.